The number of fused-ring (bicyclic) bond motifs is 1. The minimum atomic E-state index is -0.717. The average molecular weight is 257 g/mol. The Morgan fingerprint density at radius 2 is 1.89 bits per heavy atom. The molecule has 3 nitrogen and oxygen atoms in total. The van der Waals surface area contributed by atoms with E-state index in [2.05, 4.69) is 4.98 Å². The summed E-state index contributed by atoms with van der Waals surface area (Å²) in [7, 11) is 0. The van der Waals surface area contributed by atoms with Crippen LogP contribution in [-0.2, 0) is 11.2 Å². The highest BCUT2D eigenvalue weighted by atomic mass is 16.4. The standard InChI is InChI=1S/C16H19NO2/c1-3-16(4-2,15(18)19)11-13-8-5-7-12-9-6-10-17-14(12)13/h5-10H,3-4,11H2,1-2H3,(H,18,19). The number of rotatable bonds is 5. The van der Waals surface area contributed by atoms with Crippen LogP contribution < -0.4 is 0 Å². The van der Waals surface area contributed by atoms with Crippen LogP contribution in [0.25, 0.3) is 10.9 Å². The lowest BCUT2D eigenvalue weighted by molar-refractivity contribution is -0.149. The van der Waals surface area contributed by atoms with Crippen molar-refractivity contribution in [2.75, 3.05) is 0 Å². The second kappa shape index (κ2) is 5.39. The minimum Gasteiger partial charge on any atom is -0.481 e. The number of carboxylic acid groups (broad SMARTS) is 1. The number of benzene rings is 1. The Balaban J connectivity index is 2.48. The van der Waals surface area contributed by atoms with E-state index in [0.717, 1.165) is 16.5 Å². The predicted molar refractivity (Wildman–Crippen MR) is 76.1 cm³/mol. The van der Waals surface area contributed by atoms with Crippen molar-refractivity contribution >= 4 is 16.9 Å². The molecule has 0 atom stereocenters. The molecular formula is C16H19NO2. The molecular weight excluding hydrogens is 238 g/mol. The number of para-hydroxylation sites is 1. The van der Waals surface area contributed by atoms with Gasteiger partial charge in [0.1, 0.15) is 0 Å². The molecule has 0 aliphatic carbocycles. The molecule has 0 aliphatic heterocycles. The lowest BCUT2D eigenvalue weighted by Gasteiger charge is -2.27. The van der Waals surface area contributed by atoms with E-state index >= 15 is 0 Å². The lowest BCUT2D eigenvalue weighted by Crippen LogP contribution is -2.32. The van der Waals surface area contributed by atoms with E-state index in [0.29, 0.717) is 19.3 Å². The number of aromatic nitrogens is 1. The second-order valence-electron chi connectivity index (χ2n) is 4.96. The molecule has 1 N–H and O–H groups in total. The maximum Gasteiger partial charge on any atom is 0.309 e. The molecule has 1 heterocycles. The number of nitrogens with zero attached hydrogens (tertiary/aromatic N) is 1. The lowest BCUT2D eigenvalue weighted by atomic mass is 9.76. The molecule has 0 saturated heterocycles. The molecule has 2 rings (SSSR count). The summed E-state index contributed by atoms with van der Waals surface area (Å²) in [5.41, 5.74) is 1.24. The summed E-state index contributed by atoms with van der Waals surface area (Å²) < 4.78 is 0. The monoisotopic (exact) mass is 257 g/mol. The third-order valence-corrected chi connectivity index (χ3v) is 4.05. The molecule has 0 aliphatic rings. The number of hydrogen-bond donors (Lipinski definition) is 1. The summed E-state index contributed by atoms with van der Waals surface area (Å²) in [6.07, 6.45) is 3.54. The summed E-state index contributed by atoms with van der Waals surface area (Å²) in [5.74, 6) is -0.717. The molecule has 19 heavy (non-hydrogen) atoms. The molecule has 0 amide bonds. The van der Waals surface area contributed by atoms with Gasteiger partial charge in [0.25, 0.3) is 0 Å². The van der Waals surface area contributed by atoms with Gasteiger partial charge in [0.15, 0.2) is 0 Å². The van der Waals surface area contributed by atoms with E-state index < -0.39 is 11.4 Å². The predicted octanol–water partition coefficient (Wildman–Crippen LogP) is 3.67. The van der Waals surface area contributed by atoms with Crippen molar-refractivity contribution in [3.05, 3.63) is 42.1 Å². The highest BCUT2D eigenvalue weighted by molar-refractivity contribution is 5.83. The molecule has 0 fully saturated rings. The van der Waals surface area contributed by atoms with Crippen LogP contribution in [-0.4, -0.2) is 16.1 Å². The van der Waals surface area contributed by atoms with Crippen LogP contribution in [0.5, 0.6) is 0 Å². The SMILES string of the molecule is CCC(CC)(Cc1cccc2cccnc12)C(=O)O. The van der Waals surface area contributed by atoms with Gasteiger partial charge in [-0.25, -0.2) is 0 Å². The molecule has 0 spiro atoms. The van der Waals surface area contributed by atoms with Crippen LogP contribution in [0.3, 0.4) is 0 Å². The van der Waals surface area contributed by atoms with E-state index in [-0.39, 0.29) is 0 Å². The Bertz CT molecular complexity index is 583. The van der Waals surface area contributed by atoms with Crippen LogP contribution in [0.4, 0.5) is 0 Å². The number of pyridine rings is 1. The first-order chi connectivity index (χ1) is 9.13. The van der Waals surface area contributed by atoms with Crippen molar-refractivity contribution in [2.24, 2.45) is 5.41 Å². The van der Waals surface area contributed by atoms with Gasteiger partial charge in [-0.05, 0) is 30.9 Å². The van der Waals surface area contributed by atoms with Crippen LogP contribution in [0.15, 0.2) is 36.5 Å². The minimum absolute atomic E-state index is 0.531. The number of hydrogen-bond acceptors (Lipinski definition) is 2. The Morgan fingerprint density at radius 3 is 2.53 bits per heavy atom. The van der Waals surface area contributed by atoms with Gasteiger partial charge in [-0.15, -0.1) is 0 Å². The zero-order chi connectivity index (χ0) is 13.9. The van der Waals surface area contributed by atoms with E-state index in [1.54, 1.807) is 6.20 Å². The first-order valence-electron chi connectivity index (χ1n) is 6.69. The van der Waals surface area contributed by atoms with Gasteiger partial charge in [0.2, 0.25) is 0 Å². The molecule has 2 aromatic rings. The third-order valence-electron chi connectivity index (χ3n) is 4.05. The summed E-state index contributed by atoms with van der Waals surface area (Å²) >= 11 is 0. The topological polar surface area (TPSA) is 50.2 Å². The van der Waals surface area contributed by atoms with Gasteiger partial charge in [0, 0.05) is 11.6 Å². The summed E-state index contributed by atoms with van der Waals surface area (Å²) in [6, 6.07) is 9.87. The first-order valence-corrected chi connectivity index (χ1v) is 6.69. The maximum absolute atomic E-state index is 11.6. The Kier molecular flexibility index (Phi) is 3.84. The molecule has 0 saturated carbocycles. The van der Waals surface area contributed by atoms with Crippen molar-refractivity contribution < 1.29 is 9.90 Å². The third kappa shape index (κ3) is 2.46. The van der Waals surface area contributed by atoms with Crippen molar-refractivity contribution in [3.63, 3.8) is 0 Å². The van der Waals surface area contributed by atoms with Gasteiger partial charge >= 0.3 is 5.97 Å². The number of carbonyl (C=O) groups is 1. The van der Waals surface area contributed by atoms with Crippen LogP contribution in [0.1, 0.15) is 32.3 Å². The molecule has 100 valence electrons. The highest BCUT2D eigenvalue weighted by Crippen LogP contribution is 2.33. The van der Waals surface area contributed by atoms with E-state index in [4.69, 9.17) is 0 Å². The van der Waals surface area contributed by atoms with E-state index in [9.17, 15) is 9.90 Å². The summed E-state index contributed by atoms with van der Waals surface area (Å²) in [6.45, 7) is 3.88. The molecule has 1 aromatic heterocycles. The van der Waals surface area contributed by atoms with Crippen molar-refractivity contribution in [2.45, 2.75) is 33.1 Å². The van der Waals surface area contributed by atoms with Gasteiger partial charge in [-0.3, -0.25) is 9.78 Å². The summed E-state index contributed by atoms with van der Waals surface area (Å²) in [4.78, 5) is 16.0. The van der Waals surface area contributed by atoms with E-state index in [1.807, 2.05) is 44.2 Å². The normalized spacial score (nSPS) is 11.7. The quantitative estimate of drug-likeness (QED) is 0.889. The van der Waals surface area contributed by atoms with Gasteiger partial charge in [0.05, 0.1) is 10.9 Å². The largest absolute Gasteiger partial charge is 0.481 e. The second-order valence-corrected chi connectivity index (χ2v) is 4.96. The maximum atomic E-state index is 11.6. The molecule has 0 unspecified atom stereocenters. The fourth-order valence-corrected chi connectivity index (χ4v) is 2.55. The van der Waals surface area contributed by atoms with Gasteiger partial charge < -0.3 is 5.11 Å². The number of aliphatic carboxylic acids is 1. The average Bonchev–Trinajstić information content (AvgIpc) is 2.44. The number of carboxylic acids is 1. The van der Waals surface area contributed by atoms with Gasteiger partial charge in [-0.1, -0.05) is 38.1 Å². The van der Waals surface area contributed by atoms with Crippen molar-refractivity contribution in [1.82, 2.24) is 4.98 Å². The zero-order valence-corrected chi connectivity index (χ0v) is 11.4. The fourth-order valence-electron chi connectivity index (χ4n) is 2.55. The highest BCUT2D eigenvalue weighted by Gasteiger charge is 2.35. The van der Waals surface area contributed by atoms with Crippen LogP contribution in [0, 0.1) is 5.41 Å². The molecule has 1 aromatic carbocycles. The molecule has 0 radical (unpaired) electrons. The zero-order valence-electron chi connectivity index (χ0n) is 11.4. The molecule has 0 bridgehead atoms. The Hall–Kier alpha value is -1.90. The smallest absolute Gasteiger partial charge is 0.309 e. The Morgan fingerprint density at radius 1 is 1.21 bits per heavy atom. The Labute approximate surface area is 113 Å². The fraction of sp³-hybridized carbons (Fsp3) is 0.375. The van der Waals surface area contributed by atoms with E-state index in [1.165, 1.54) is 0 Å². The van der Waals surface area contributed by atoms with Gasteiger partial charge in [-0.2, -0.15) is 0 Å². The van der Waals surface area contributed by atoms with Crippen LogP contribution >= 0.6 is 0 Å². The molecule has 3 heteroatoms. The van der Waals surface area contributed by atoms with Crippen molar-refractivity contribution in [1.29, 1.82) is 0 Å². The van der Waals surface area contributed by atoms with Crippen LogP contribution in [0.2, 0.25) is 0 Å². The first kappa shape index (κ1) is 13.5. The summed E-state index contributed by atoms with van der Waals surface area (Å²) in [5, 5.41) is 10.6. The van der Waals surface area contributed by atoms with Crippen molar-refractivity contribution in [3.8, 4) is 0 Å².